The van der Waals surface area contributed by atoms with E-state index in [2.05, 4.69) is 37.2 Å². The van der Waals surface area contributed by atoms with Crippen LogP contribution in [-0.2, 0) is 43.0 Å². The number of alkyl carbamates (subject to hydrolysis) is 1. The molecule has 0 aliphatic heterocycles. The summed E-state index contributed by atoms with van der Waals surface area (Å²) in [5.74, 6) is -2.84. The summed E-state index contributed by atoms with van der Waals surface area (Å²) in [6, 6.07) is -3.48. The number of hydrogen-bond donors (Lipinski definition) is 7. The van der Waals surface area contributed by atoms with E-state index in [0.717, 1.165) is 0 Å². The average molecular weight is 882 g/mol. The Kier molecular flexibility index (Phi) is 26.3. The zero-order valence-electron chi connectivity index (χ0n) is 40.7. The molecule has 7 N–H and O–H groups in total. The second-order valence-electron chi connectivity index (χ2n) is 19.5. The molecular formula is C45H83N7O10. The summed E-state index contributed by atoms with van der Waals surface area (Å²) in [7, 11) is 1.30. The number of carbonyl (C=O) groups is 8. The van der Waals surface area contributed by atoms with Gasteiger partial charge >= 0.3 is 12.1 Å². The standard InChI is InChI=1S/C45H83N7O10/c1-25(2)17-33(49-37(53)19-29(9)47-41(57)24-36(28(7)8)52-44(60)62-45(13,14)15)21-39(55)48-32(12)31(11)43(59)51-35(27(5)6)23-40(56)46-30(10)20-38(54)50-34(18-26(3)4)22-42(58)61-16/h25-36H,17-24H2,1-16H3,(H,46,56)(H,47,57)(H,48,55)(H,49,53)(H,50,54)(H,51,59)(H,52,60)/t29-,30-,31-,32-,33-,34-,35-,36-/m0/s1. The topological polar surface area (TPSA) is 239 Å². The maximum atomic E-state index is 13.4. The van der Waals surface area contributed by atoms with Crippen molar-refractivity contribution < 1.29 is 47.8 Å². The number of hydrogen-bond acceptors (Lipinski definition) is 10. The van der Waals surface area contributed by atoms with Gasteiger partial charge in [-0.1, -0.05) is 62.3 Å². The molecule has 62 heavy (non-hydrogen) atoms. The fourth-order valence-corrected chi connectivity index (χ4v) is 6.68. The van der Waals surface area contributed by atoms with Gasteiger partial charge in [0.05, 0.1) is 19.4 Å². The van der Waals surface area contributed by atoms with Gasteiger partial charge in [0, 0.05) is 74.4 Å². The van der Waals surface area contributed by atoms with Crippen LogP contribution in [0, 0.1) is 29.6 Å². The van der Waals surface area contributed by atoms with Gasteiger partial charge in [-0.05, 0) is 78.1 Å². The van der Waals surface area contributed by atoms with Crippen LogP contribution in [0.5, 0.6) is 0 Å². The molecule has 17 nitrogen and oxygen atoms in total. The van der Waals surface area contributed by atoms with Gasteiger partial charge in [-0.25, -0.2) is 4.79 Å². The van der Waals surface area contributed by atoms with Crippen LogP contribution < -0.4 is 37.2 Å². The fourth-order valence-electron chi connectivity index (χ4n) is 6.68. The van der Waals surface area contributed by atoms with E-state index in [1.807, 2.05) is 55.4 Å². The molecule has 0 saturated carbocycles. The largest absolute Gasteiger partial charge is 0.469 e. The van der Waals surface area contributed by atoms with E-state index in [-0.39, 0.29) is 104 Å². The summed E-state index contributed by atoms with van der Waals surface area (Å²) in [6.45, 7) is 27.6. The van der Waals surface area contributed by atoms with E-state index in [0.29, 0.717) is 12.8 Å². The van der Waals surface area contributed by atoms with Crippen molar-refractivity contribution in [2.75, 3.05) is 7.11 Å². The van der Waals surface area contributed by atoms with Crippen LogP contribution in [0.2, 0.25) is 0 Å². The molecule has 0 bridgehead atoms. The van der Waals surface area contributed by atoms with Crippen LogP contribution in [0.1, 0.15) is 155 Å². The highest BCUT2D eigenvalue weighted by Gasteiger charge is 2.29. The molecule has 0 fully saturated rings. The molecular weight excluding hydrogens is 799 g/mol. The van der Waals surface area contributed by atoms with Gasteiger partial charge in [0.15, 0.2) is 0 Å². The molecule has 0 aliphatic carbocycles. The van der Waals surface area contributed by atoms with Crippen molar-refractivity contribution in [3.8, 4) is 0 Å². The molecule has 0 aromatic heterocycles. The zero-order chi connectivity index (χ0) is 48.1. The summed E-state index contributed by atoms with van der Waals surface area (Å²) in [5, 5.41) is 20.1. The summed E-state index contributed by atoms with van der Waals surface area (Å²) in [6.07, 6.45) is 0.492. The Morgan fingerprint density at radius 1 is 0.468 bits per heavy atom. The highest BCUT2D eigenvalue weighted by atomic mass is 16.6. The van der Waals surface area contributed by atoms with Crippen molar-refractivity contribution in [3.05, 3.63) is 0 Å². The van der Waals surface area contributed by atoms with Gasteiger partial charge in [0.25, 0.3) is 0 Å². The maximum absolute atomic E-state index is 13.4. The van der Waals surface area contributed by atoms with Gasteiger partial charge in [0.1, 0.15) is 5.60 Å². The van der Waals surface area contributed by atoms with Crippen molar-refractivity contribution in [2.24, 2.45) is 29.6 Å². The third-order valence-electron chi connectivity index (χ3n) is 10.1. The Morgan fingerprint density at radius 2 is 0.855 bits per heavy atom. The third-order valence-corrected chi connectivity index (χ3v) is 10.1. The van der Waals surface area contributed by atoms with Gasteiger partial charge < -0.3 is 46.7 Å². The molecule has 358 valence electrons. The van der Waals surface area contributed by atoms with Crippen LogP contribution >= 0.6 is 0 Å². The predicted molar refractivity (Wildman–Crippen MR) is 239 cm³/mol. The van der Waals surface area contributed by atoms with E-state index >= 15 is 0 Å². The number of rotatable bonds is 27. The second-order valence-corrected chi connectivity index (χ2v) is 19.5. The molecule has 0 radical (unpaired) electrons. The normalized spacial score (nSPS) is 15.5. The van der Waals surface area contributed by atoms with Crippen molar-refractivity contribution in [3.63, 3.8) is 0 Å². The highest BCUT2D eigenvalue weighted by Crippen LogP contribution is 2.15. The summed E-state index contributed by atoms with van der Waals surface area (Å²) >= 11 is 0. The number of methoxy groups -OCH3 is 1. The van der Waals surface area contributed by atoms with Crippen molar-refractivity contribution in [1.82, 2.24) is 37.2 Å². The molecule has 0 aromatic rings. The van der Waals surface area contributed by atoms with Crippen molar-refractivity contribution >= 4 is 47.5 Å². The Labute approximate surface area is 371 Å². The van der Waals surface area contributed by atoms with E-state index in [4.69, 9.17) is 9.47 Å². The molecule has 0 unspecified atom stereocenters. The first-order chi connectivity index (χ1) is 28.5. The van der Waals surface area contributed by atoms with E-state index in [1.54, 1.807) is 48.5 Å². The number of amides is 7. The Balaban J connectivity index is 5.23. The Bertz CT molecular complexity index is 1460. The Hall–Kier alpha value is -4.44. The first-order valence-corrected chi connectivity index (χ1v) is 22.3. The number of ether oxygens (including phenoxy) is 2. The highest BCUT2D eigenvalue weighted by molar-refractivity contribution is 5.84. The monoisotopic (exact) mass is 882 g/mol. The molecule has 0 heterocycles. The minimum Gasteiger partial charge on any atom is -0.469 e. The summed E-state index contributed by atoms with van der Waals surface area (Å²) in [5.41, 5.74) is -0.684. The smallest absolute Gasteiger partial charge is 0.407 e. The summed E-state index contributed by atoms with van der Waals surface area (Å²) in [4.78, 5) is 103. The molecule has 7 amide bonds. The predicted octanol–water partition coefficient (Wildman–Crippen LogP) is 4.40. The van der Waals surface area contributed by atoms with Crippen LogP contribution in [0.15, 0.2) is 0 Å². The quantitative estimate of drug-likeness (QED) is 0.0574. The van der Waals surface area contributed by atoms with E-state index < -0.39 is 59.8 Å². The fraction of sp³-hybridized carbons (Fsp3) is 0.822. The summed E-state index contributed by atoms with van der Waals surface area (Å²) < 4.78 is 10.1. The molecule has 0 aliphatic rings. The first kappa shape index (κ1) is 57.6. The van der Waals surface area contributed by atoms with Crippen LogP contribution in [0.4, 0.5) is 4.79 Å². The Morgan fingerprint density at radius 3 is 1.24 bits per heavy atom. The zero-order valence-corrected chi connectivity index (χ0v) is 40.7. The molecule has 0 saturated heterocycles. The lowest BCUT2D eigenvalue weighted by Crippen LogP contribution is -2.50. The number of nitrogens with one attached hydrogen (secondary N) is 7. The molecule has 0 rings (SSSR count). The van der Waals surface area contributed by atoms with E-state index in [1.165, 1.54) is 7.11 Å². The minimum atomic E-state index is -0.684. The van der Waals surface area contributed by atoms with Crippen molar-refractivity contribution in [2.45, 2.75) is 203 Å². The van der Waals surface area contributed by atoms with Crippen LogP contribution in [-0.4, -0.2) is 103 Å². The van der Waals surface area contributed by atoms with Crippen LogP contribution in [0.25, 0.3) is 0 Å². The second kappa shape index (κ2) is 28.3. The number of carbonyl (C=O) groups excluding carboxylic acids is 8. The number of esters is 1. The van der Waals surface area contributed by atoms with Crippen molar-refractivity contribution in [1.29, 1.82) is 0 Å². The van der Waals surface area contributed by atoms with E-state index in [9.17, 15) is 38.4 Å². The SMILES string of the molecule is COC(=O)C[C@H](CC(C)C)NC(=O)C[C@H](C)NC(=O)C[C@H](NC(=O)[C@@H](C)[C@H](C)NC(=O)C[C@H](CC(C)C)NC(=O)C[C@H](C)NC(=O)C[C@H](NC(=O)OC(C)(C)C)C(C)C)C(C)C. The maximum Gasteiger partial charge on any atom is 0.407 e. The molecule has 17 heteroatoms. The van der Waals surface area contributed by atoms with Gasteiger partial charge in [-0.3, -0.25) is 33.6 Å². The van der Waals surface area contributed by atoms with Gasteiger partial charge in [-0.15, -0.1) is 0 Å². The van der Waals surface area contributed by atoms with Gasteiger partial charge in [0.2, 0.25) is 35.4 Å². The van der Waals surface area contributed by atoms with Crippen LogP contribution in [0.3, 0.4) is 0 Å². The molecule has 0 aromatic carbocycles. The third kappa shape index (κ3) is 26.8. The lowest BCUT2D eigenvalue weighted by Gasteiger charge is -2.28. The minimum absolute atomic E-state index is 0.00351. The molecule has 8 atom stereocenters. The molecule has 0 spiro atoms. The van der Waals surface area contributed by atoms with Gasteiger partial charge in [-0.2, -0.15) is 0 Å². The lowest BCUT2D eigenvalue weighted by atomic mass is 9.96. The average Bonchev–Trinajstić information content (AvgIpc) is 3.08. The first-order valence-electron chi connectivity index (χ1n) is 22.3. The lowest BCUT2D eigenvalue weighted by molar-refractivity contribution is -0.141.